The van der Waals surface area contributed by atoms with E-state index in [1.807, 2.05) is 24.3 Å². The predicted octanol–water partition coefficient (Wildman–Crippen LogP) is 3.32. The number of methoxy groups -OCH3 is 2. The first-order chi connectivity index (χ1) is 8.15. The standard InChI is InChI=1S/C13H15NO2S/c1-8-10(7-13(14)17-8)11-6-9(15-2)4-5-12(11)16-3/h4-7H,14H2,1-3H3. The van der Waals surface area contributed by atoms with E-state index in [4.69, 9.17) is 15.2 Å². The summed E-state index contributed by atoms with van der Waals surface area (Å²) >= 11 is 1.58. The van der Waals surface area contributed by atoms with E-state index in [1.54, 1.807) is 25.6 Å². The average molecular weight is 249 g/mol. The lowest BCUT2D eigenvalue weighted by molar-refractivity contribution is 0.404. The van der Waals surface area contributed by atoms with Gasteiger partial charge in [0.1, 0.15) is 11.5 Å². The highest BCUT2D eigenvalue weighted by Crippen LogP contribution is 2.39. The summed E-state index contributed by atoms with van der Waals surface area (Å²) in [6.07, 6.45) is 0. The summed E-state index contributed by atoms with van der Waals surface area (Å²) in [5, 5.41) is 0.808. The SMILES string of the molecule is COc1ccc(OC)c(-c2cc(N)sc2C)c1. The Morgan fingerprint density at radius 2 is 1.82 bits per heavy atom. The third-order valence-corrected chi connectivity index (χ3v) is 3.51. The van der Waals surface area contributed by atoms with Gasteiger partial charge in [0.15, 0.2) is 0 Å². The zero-order valence-corrected chi connectivity index (χ0v) is 10.9. The van der Waals surface area contributed by atoms with Gasteiger partial charge in [-0.25, -0.2) is 0 Å². The van der Waals surface area contributed by atoms with Gasteiger partial charge < -0.3 is 15.2 Å². The summed E-state index contributed by atoms with van der Waals surface area (Å²) in [4.78, 5) is 1.18. The van der Waals surface area contributed by atoms with E-state index in [1.165, 1.54) is 4.88 Å². The number of thiophene rings is 1. The molecule has 0 fully saturated rings. The second kappa shape index (κ2) is 4.67. The zero-order valence-electron chi connectivity index (χ0n) is 10.1. The van der Waals surface area contributed by atoms with Crippen molar-refractivity contribution in [3.63, 3.8) is 0 Å². The van der Waals surface area contributed by atoms with E-state index in [2.05, 4.69) is 6.92 Å². The summed E-state index contributed by atoms with van der Waals surface area (Å²) in [7, 11) is 3.32. The summed E-state index contributed by atoms with van der Waals surface area (Å²) < 4.78 is 10.6. The Bertz CT molecular complexity index is 534. The van der Waals surface area contributed by atoms with Gasteiger partial charge in [-0.2, -0.15) is 0 Å². The van der Waals surface area contributed by atoms with Crippen molar-refractivity contribution < 1.29 is 9.47 Å². The van der Waals surface area contributed by atoms with Crippen LogP contribution >= 0.6 is 11.3 Å². The first-order valence-electron chi connectivity index (χ1n) is 5.24. The number of hydrogen-bond donors (Lipinski definition) is 1. The minimum atomic E-state index is 0.808. The molecule has 17 heavy (non-hydrogen) atoms. The number of ether oxygens (including phenoxy) is 2. The van der Waals surface area contributed by atoms with Crippen LogP contribution in [0.4, 0.5) is 5.00 Å². The summed E-state index contributed by atoms with van der Waals surface area (Å²) in [6.45, 7) is 2.05. The number of aryl methyl sites for hydroxylation is 1. The molecule has 0 unspecified atom stereocenters. The molecule has 0 bridgehead atoms. The Labute approximate surface area is 105 Å². The number of nitrogens with two attached hydrogens (primary N) is 1. The molecule has 1 heterocycles. The van der Waals surface area contributed by atoms with Gasteiger partial charge in [0.25, 0.3) is 0 Å². The number of rotatable bonds is 3. The van der Waals surface area contributed by atoms with Crippen LogP contribution in [0.3, 0.4) is 0 Å². The first-order valence-corrected chi connectivity index (χ1v) is 6.05. The van der Waals surface area contributed by atoms with E-state index in [9.17, 15) is 0 Å². The van der Waals surface area contributed by atoms with Crippen LogP contribution in [0, 0.1) is 6.92 Å². The molecule has 0 aliphatic heterocycles. The Balaban J connectivity index is 2.59. The smallest absolute Gasteiger partial charge is 0.126 e. The lowest BCUT2D eigenvalue weighted by Crippen LogP contribution is -1.90. The van der Waals surface area contributed by atoms with Gasteiger partial charge in [-0.15, -0.1) is 11.3 Å². The van der Waals surface area contributed by atoms with Gasteiger partial charge >= 0.3 is 0 Å². The van der Waals surface area contributed by atoms with E-state index >= 15 is 0 Å². The zero-order chi connectivity index (χ0) is 12.4. The van der Waals surface area contributed by atoms with Crippen molar-refractivity contribution in [1.82, 2.24) is 0 Å². The lowest BCUT2D eigenvalue weighted by atomic mass is 10.1. The number of benzene rings is 1. The van der Waals surface area contributed by atoms with Crippen LogP contribution in [0.2, 0.25) is 0 Å². The number of hydrogen-bond acceptors (Lipinski definition) is 4. The van der Waals surface area contributed by atoms with Crippen molar-refractivity contribution in [1.29, 1.82) is 0 Å². The van der Waals surface area contributed by atoms with Crippen LogP contribution in [-0.2, 0) is 0 Å². The predicted molar refractivity (Wildman–Crippen MR) is 72.0 cm³/mol. The number of nitrogen functional groups attached to an aromatic ring is 1. The highest BCUT2D eigenvalue weighted by Gasteiger charge is 2.12. The molecule has 1 aromatic carbocycles. The molecule has 3 nitrogen and oxygen atoms in total. The largest absolute Gasteiger partial charge is 0.497 e. The van der Waals surface area contributed by atoms with Crippen LogP contribution in [0.1, 0.15) is 4.88 Å². The van der Waals surface area contributed by atoms with Gasteiger partial charge in [0, 0.05) is 16.0 Å². The lowest BCUT2D eigenvalue weighted by Gasteiger charge is -2.10. The molecule has 0 radical (unpaired) electrons. The van der Waals surface area contributed by atoms with Gasteiger partial charge in [-0.05, 0) is 31.2 Å². The topological polar surface area (TPSA) is 44.5 Å². The highest BCUT2D eigenvalue weighted by molar-refractivity contribution is 7.16. The van der Waals surface area contributed by atoms with Crippen molar-refractivity contribution >= 4 is 16.3 Å². The average Bonchev–Trinajstić information content (AvgIpc) is 2.67. The normalized spacial score (nSPS) is 10.3. The summed E-state index contributed by atoms with van der Waals surface area (Å²) in [5.74, 6) is 1.64. The maximum atomic E-state index is 5.83. The highest BCUT2D eigenvalue weighted by atomic mass is 32.1. The van der Waals surface area contributed by atoms with Crippen LogP contribution in [0.15, 0.2) is 24.3 Å². The molecule has 2 rings (SSSR count). The molecule has 2 N–H and O–H groups in total. The Kier molecular flexibility index (Phi) is 3.24. The van der Waals surface area contributed by atoms with Crippen LogP contribution in [0.25, 0.3) is 11.1 Å². The third-order valence-electron chi connectivity index (χ3n) is 2.63. The van der Waals surface area contributed by atoms with E-state index in [-0.39, 0.29) is 0 Å². The van der Waals surface area contributed by atoms with Gasteiger partial charge in [-0.3, -0.25) is 0 Å². The Hall–Kier alpha value is -1.68. The van der Waals surface area contributed by atoms with E-state index in [0.29, 0.717) is 0 Å². The van der Waals surface area contributed by atoms with Crippen molar-refractivity contribution in [3.8, 4) is 22.6 Å². The second-order valence-electron chi connectivity index (χ2n) is 3.68. The minimum Gasteiger partial charge on any atom is -0.497 e. The molecule has 0 amide bonds. The van der Waals surface area contributed by atoms with Gasteiger partial charge in [-0.1, -0.05) is 0 Å². The monoisotopic (exact) mass is 249 g/mol. The molecule has 1 aromatic heterocycles. The fraction of sp³-hybridized carbons (Fsp3) is 0.231. The van der Waals surface area contributed by atoms with Crippen molar-refractivity contribution in [2.75, 3.05) is 20.0 Å². The maximum absolute atomic E-state index is 5.83. The molecule has 0 saturated heterocycles. The van der Waals surface area contributed by atoms with E-state index in [0.717, 1.165) is 27.6 Å². The molecule has 0 spiro atoms. The molecular weight excluding hydrogens is 234 g/mol. The van der Waals surface area contributed by atoms with Crippen LogP contribution < -0.4 is 15.2 Å². The van der Waals surface area contributed by atoms with E-state index < -0.39 is 0 Å². The Morgan fingerprint density at radius 3 is 2.35 bits per heavy atom. The molecule has 0 atom stereocenters. The summed E-state index contributed by atoms with van der Waals surface area (Å²) in [6, 6.07) is 7.72. The molecule has 0 saturated carbocycles. The second-order valence-corrected chi connectivity index (χ2v) is 4.97. The Morgan fingerprint density at radius 1 is 1.06 bits per heavy atom. The van der Waals surface area contributed by atoms with Crippen LogP contribution in [0.5, 0.6) is 11.5 Å². The van der Waals surface area contributed by atoms with Crippen molar-refractivity contribution in [2.45, 2.75) is 6.92 Å². The van der Waals surface area contributed by atoms with Gasteiger partial charge in [0.2, 0.25) is 0 Å². The maximum Gasteiger partial charge on any atom is 0.126 e. The third kappa shape index (κ3) is 2.22. The molecule has 4 heteroatoms. The molecular formula is C13H15NO2S. The molecule has 0 aliphatic rings. The molecule has 2 aromatic rings. The molecule has 0 aliphatic carbocycles. The quantitative estimate of drug-likeness (QED) is 0.907. The van der Waals surface area contributed by atoms with Crippen LogP contribution in [-0.4, -0.2) is 14.2 Å². The minimum absolute atomic E-state index is 0.808. The molecule has 90 valence electrons. The fourth-order valence-corrected chi connectivity index (χ4v) is 2.61. The number of anilines is 1. The van der Waals surface area contributed by atoms with Crippen molar-refractivity contribution in [2.24, 2.45) is 0 Å². The summed E-state index contributed by atoms with van der Waals surface area (Å²) in [5.41, 5.74) is 7.94. The van der Waals surface area contributed by atoms with Crippen molar-refractivity contribution in [3.05, 3.63) is 29.1 Å². The fourth-order valence-electron chi connectivity index (χ4n) is 1.80. The first kappa shape index (κ1) is 11.8. The van der Waals surface area contributed by atoms with Gasteiger partial charge in [0.05, 0.1) is 19.2 Å².